The fourth-order valence-electron chi connectivity index (χ4n) is 6.10. The van der Waals surface area contributed by atoms with E-state index in [0.29, 0.717) is 34.5 Å². The third-order valence-corrected chi connectivity index (χ3v) is 11.3. The van der Waals surface area contributed by atoms with Crippen molar-refractivity contribution in [3.8, 4) is 67.9 Å². The molecule has 0 radical (unpaired) electrons. The summed E-state index contributed by atoms with van der Waals surface area (Å²) in [6.45, 7) is 0. The fourth-order valence-corrected chi connectivity index (χ4v) is 10.0. The number of hydrogen-bond acceptors (Lipinski definition) is 6. The van der Waals surface area contributed by atoms with Gasteiger partial charge in [-0.25, -0.2) is 0 Å². The zero-order valence-electron chi connectivity index (χ0n) is 22.8. The van der Waals surface area contributed by atoms with E-state index in [0.717, 1.165) is 33.4 Å². The Bertz CT molecular complexity index is 1720. The maximum atomic E-state index is 7.20. The molecule has 0 N–H and O–H groups in total. The molecule has 43 heavy (non-hydrogen) atoms. The minimum atomic E-state index is -6.58. The number of para-hydroxylation sites is 6. The monoisotopic (exact) mass is 583 g/mol. The Morgan fingerprint density at radius 2 is 0.395 bits per heavy atom. The number of rotatable bonds is 0. The SMILES string of the molecule is c1ccc2c(c1)O[P-]13(Oc4ccccc4-2)(Oc2ccccc2-c2ccccc2O1)Oc1ccccc1-c1ccccc1O3. The standard InChI is InChI=1S/C36H24O6P/c1-7-19-31-25(13-1)26-14-2-8-20-32(26)38-43(37-31,39-33-21-9-3-15-27(33)28-16-4-10-22-34(28)40-43)41-35-23-11-5-17-29(35)30-18-6-12-24-36(30)42-43/h1-24H/q-1. The first-order valence-corrected chi connectivity index (χ1v) is 16.2. The van der Waals surface area contributed by atoms with Crippen LogP contribution >= 0.6 is 7.31 Å². The number of hydrogen-bond donors (Lipinski definition) is 0. The van der Waals surface area contributed by atoms with Crippen molar-refractivity contribution in [2.75, 3.05) is 0 Å². The molecule has 0 saturated heterocycles. The van der Waals surface area contributed by atoms with Gasteiger partial charge in [-0.15, -0.1) is 0 Å². The Labute approximate surface area is 247 Å². The van der Waals surface area contributed by atoms with Gasteiger partial charge in [-0.05, 0) is 0 Å². The van der Waals surface area contributed by atoms with E-state index in [1.54, 1.807) is 0 Å². The normalized spacial score (nSPS) is 18.4. The van der Waals surface area contributed by atoms with Gasteiger partial charge in [0.25, 0.3) is 0 Å². The fraction of sp³-hybridized carbons (Fsp3) is 0. The quantitative estimate of drug-likeness (QED) is 0.166. The van der Waals surface area contributed by atoms with Crippen molar-refractivity contribution in [3.63, 3.8) is 0 Å². The Balaban J connectivity index is 1.50. The maximum absolute atomic E-state index is 7.20. The summed E-state index contributed by atoms with van der Waals surface area (Å²) in [6.07, 6.45) is 0. The number of fused-ring (bicyclic) bond motifs is 9. The zero-order valence-corrected chi connectivity index (χ0v) is 23.6. The average Bonchev–Trinajstić information content (AvgIpc) is 3.27. The van der Waals surface area contributed by atoms with E-state index < -0.39 is 7.31 Å². The second-order valence-corrected chi connectivity index (χ2v) is 14.0. The molecule has 3 heterocycles. The molecule has 3 aliphatic rings. The topological polar surface area (TPSA) is 55.4 Å². The molecule has 0 aromatic heterocycles. The van der Waals surface area contributed by atoms with E-state index in [1.165, 1.54) is 0 Å². The summed E-state index contributed by atoms with van der Waals surface area (Å²) in [4.78, 5) is 0. The van der Waals surface area contributed by atoms with E-state index in [1.807, 2.05) is 146 Å². The van der Waals surface area contributed by atoms with Crippen molar-refractivity contribution in [3.05, 3.63) is 146 Å². The van der Waals surface area contributed by atoms with Crippen molar-refractivity contribution in [1.29, 1.82) is 0 Å². The van der Waals surface area contributed by atoms with E-state index >= 15 is 0 Å². The van der Waals surface area contributed by atoms with Gasteiger partial charge in [-0.3, -0.25) is 0 Å². The molecule has 0 saturated carbocycles. The van der Waals surface area contributed by atoms with Crippen molar-refractivity contribution in [2.24, 2.45) is 0 Å². The molecule has 1 spiro atoms. The van der Waals surface area contributed by atoms with Crippen LogP contribution in [0.1, 0.15) is 0 Å². The van der Waals surface area contributed by atoms with E-state index in [-0.39, 0.29) is 0 Å². The molecule has 0 amide bonds. The van der Waals surface area contributed by atoms with Crippen LogP contribution in [-0.4, -0.2) is 0 Å². The molecular formula is C36H24O6P-. The van der Waals surface area contributed by atoms with E-state index in [2.05, 4.69) is 0 Å². The molecule has 6 aromatic rings. The molecule has 0 bridgehead atoms. The summed E-state index contributed by atoms with van der Waals surface area (Å²) in [5.74, 6) is 2.48. The van der Waals surface area contributed by atoms with Crippen LogP contribution in [0.2, 0.25) is 0 Å². The molecule has 0 fully saturated rings. The van der Waals surface area contributed by atoms with Gasteiger partial charge in [0.1, 0.15) is 0 Å². The van der Waals surface area contributed by atoms with E-state index in [9.17, 15) is 0 Å². The van der Waals surface area contributed by atoms with Crippen LogP contribution in [-0.2, 0) is 0 Å². The van der Waals surface area contributed by atoms with E-state index in [4.69, 9.17) is 27.1 Å². The first-order valence-electron chi connectivity index (χ1n) is 14.0. The predicted molar refractivity (Wildman–Crippen MR) is 166 cm³/mol. The molecule has 7 heteroatoms. The zero-order chi connectivity index (χ0) is 28.5. The van der Waals surface area contributed by atoms with Crippen molar-refractivity contribution in [2.45, 2.75) is 0 Å². The van der Waals surface area contributed by atoms with Crippen LogP contribution in [0.3, 0.4) is 0 Å². The van der Waals surface area contributed by atoms with Gasteiger partial charge in [0.05, 0.1) is 0 Å². The molecule has 210 valence electrons. The summed E-state index contributed by atoms with van der Waals surface area (Å²) in [7, 11) is -6.58. The van der Waals surface area contributed by atoms with Gasteiger partial charge in [0.2, 0.25) is 0 Å². The van der Waals surface area contributed by atoms with Gasteiger partial charge in [-0.2, -0.15) is 0 Å². The molecule has 6 aromatic carbocycles. The second-order valence-electron chi connectivity index (χ2n) is 10.6. The molecule has 0 aliphatic carbocycles. The molecule has 0 unspecified atom stereocenters. The summed E-state index contributed by atoms with van der Waals surface area (Å²) in [5, 5.41) is 0. The van der Waals surface area contributed by atoms with Crippen LogP contribution in [0, 0.1) is 0 Å². The first-order chi connectivity index (χ1) is 21.1. The molecule has 3 aliphatic heterocycles. The van der Waals surface area contributed by atoms with Crippen molar-refractivity contribution >= 4 is 7.31 Å². The van der Waals surface area contributed by atoms with Crippen molar-refractivity contribution in [1.82, 2.24) is 0 Å². The Morgan fingerprint density at radius 1 is 0.233 bits per heavy atom. The van der Waals surface area contributed by atoms with Crippen LogP contribution in [0.5, 0.6) is 34.5 Å². The van der Waals surface area contributed by atoms with Crippen LogP contribution in [0.25, 0.3) is 33.4 Å². The second kappa shape index (κ2) is 8.09. The third-order valence-electron chi connectivity index (χ3n) is 7.90. The molecular weight excluding hydrogens is 559 g/mol. The van der Waals surface area contributed by atoms with Gasteiger partial charge in [-0.1, -0.05) is 0 Å². The third kappa shape index (κ3) is 3.33. The Kier molecular flexibility index (Phi) is 4.55. The van der Waals surface area contributed by atoms with Crippen LogP contribution in [0.15, 0.2) is 146 Å². The molecule has 0 atom stereocenters. The Hall–Kier alpha value is -5.45. The van der Waals surface area contributed by atoms with Crippen LogP contribution in [0.4, 0.5) is 0 Å². The molecule has 9 rings (SSSR count). The van der Waals surface area contributed by atoms with Gasteiger partial charge in [0, 0.05) is 0 Å². The summed E-state index contributed by atoms with van der Waals surface area (Å²) < 4.78 is 43.2. The van der Waals surface area contributed by atoms with Gasteiger partial charge >= 0.3 is 248 Å². The summed E-state index contributed by atoms with van der Waals surface area (Å²) in [5.41, 5.74) is 4.62. The summed E-state index contributed by atoms with van der Waals surface area (Å²) >= 11 is 0. The van der Waals surface area contributed by atoms with Crippen LogP contribution < -0.4 is 27.1 Å². The number of benzene rings is 6. The minimum absolute atomic E-state index is 0.414. The van der Waals surface area contributed by atoms with Gasteiger partial charge < -0.3 is 0 Å². The summed E-state index contributed by atoms with van der Waals surface area (Å²) in [6, 6.07) is 45.8. The Morgan fingerprint density at radius 3 is 0.581 bits per heavy atom. The van der Waals surface area contributed by atoms with Crippen molar-refractivity contribution < 1.29 is 27.1 Å². The average molecular weight is 584 g/mol. The molecule has 6 nitrogen and oxygen atoms in total. The predicted octanol–water partition coefficient (Wildman–Crippen LogP) is 9.98. The van der Waals surface area contributed by atoms with Gasteiger partial charge in [0.15, 0.2) is 0 Å². The first kappa shape index (κ1) is 24.2.